The summed E-state index contributed by atoms with van der Waals surface area (Å²) in [4.78, 5) is 0. The summed E-state index contributed by atoms with van der Waals surface area (Å²) >= 11 is 0. The molecule has 0 radical (unpaired) electrons. The highest BCUT2D eigenvalue weighted by molar-refractivity contribution is 5.18. The van der Waals surface area contributed by atoms with Crippen molar-refractivity contribution in [2.45, 2.75) is 70.8 Å². The van der Waals surface area contributed by atoms with Crippen LogP contribution >= 0.6 is 0 Å². The summed E-state index contributed by atoms with van der Waals surface area (Å²) in [5, 5.41) is 0. The lowest BCUT2D eigenvalue weighted by Crippen LogP contribution is -2.24. The summed E-state index contributed by atoms with van der Waals surface area (Å²) in [5.41, 5.74) is 9.56. The van der Waals surface area contributed by atoms with Crippen LogP contribution in [0.4, 0.5) is 0 Å². The fraction of sp³-hybridized carbons (Fsp3) is 0.857. The molecule has 1 nitrogen and oxygen atoms in total. The molecular weight excluding hydrogens is 182 g/mol. The lowest BCUT2D eigenvalue weighted by molar-refractivity contribution is 0.397. The van der Waals surface area contributed by atoms with Crippen LogP contribution in [0.1, 0.15) is 64.7 Å². The maximum absolute atomic E-state index is 5.96. The third kappa shape index (κ3) is 2.84. The van der Waals surface area contributed by atoms with E-state index in [0.29, 0.717) is 6.04 Å². The van der Waals surface area contributed by atoms with Crippen molar-refractivity contribution in [1.82, 2.24) is 0 Å². The van der Waals surface area contributed by atoms with Gasteiger partial charge in [-0.3, -0.25) is 0 Å². The molecule has 86 valence electrons. The van der Waals surface area contributed by atoms with Gasteiger partial charge in [-0.2, -0.15) is 0 Å². The van der Waals surface area contributed by atoms with E-state index >= 15 is 0 Å². The molecule has 0 spiro atoms. The third-order valence-corrected chi connectivity index (χ3v) is 4.34. The zero-order valence-electron chi connectivity index (χ0n) is 10.1. The molecule has 1 unspecified atom stereocenters. The quantitative estimate of drug-likeness (QED) is 0.651. The van der Waals surface area contributed by atoms with Gasteiger partial charge in [-0.1, -0.05) is 24.5 Å². The molecule has 2 saturated carbocycles. The second-order valence-corrected chi connectivity index (χ2v) is 5.42. The van der Waals surface area contributed by atoms with Gasteiger partial charge in [0.15, 0.2) is 0 Å². The van der Waals surface area contributed by atoms with Gasteiger partial charge in [0, 0.05) is 6.04 Å². The van der Waals surface area contributed by atoms with E-state index < -0.39 is 0 Å². The fourth-order valence-electron chi connectivity index (χ4n) is 3.17. The Morgan fingerprint density at radius 2 is 1.80 bits per heavy atom. The Kier molecular flexibility index (Phi) is 3.85. The van der Waals surface area contributed by atoms with Crippen molar-refractivity contribution in [3.8, 4) is 0 Å². The Hall–Kier alpha value is -0.300. The van der Waals surface area contributed by atoms with Crippen LogP contribution < -0.4 is 5.73 Å². The van der Waals surface area contributed by atoms with Crippen molar-refractivity contribution in [2.75, 3.05) is 0 Å². The minimum Gasteiger partial charge on any atom is -0.328 e. The molecule has 0 bridgehead atoms. The second kappa shape index (κ2) is 5.16. The molecule has 2 N–H and O–H groups in total. The summed E-state index contributed by atoms with van der Waals surface area (Å²) in [6.07, 6.45) is 12.1. The van der Waals surface area contributed by atoms with Crippen molar-refractivity contribution in [3.63, 3.8) is 0 Å². The zero-order chi connectivity index (χ0) is 10.7. The molecule has 15 heavy (non-hydrogen) atoms. The van der Waals surface area contributed by atoms with E-state index in [1.807, 2.05) is 5.57 Å². The van der Waals surface area contributed by atoms with Gasteiger partial charge in [-0.15, -0.1) is 0 Å². The molecule has 0 aliphatic heterocycles. The molecule has 0 aromatic rings. The van der Waals surface area contributed by atoms with Crippen LogP contribution in [0.2, 0.25) is 0 Å². The molecule has 1 atom stereocenters. The van der Waals surface area contributed by atoms with Gasteiger partial charge in [-0.05, 0) is 57.3 Å². The van der Waals surface area contributed by atoms with Crippen LogP contribution in [0.5, 0.6) is 0 Å². The monoisotopic (exact) mass is 207 g/mol. The van der Waals surface area contributed by atoms with E-state index in [-0.39, 0.29) is 0 Å². The minimum absolute atomic E-state index is 0.486. The van der Waals surface area contributed by atoms with Crippen molar-refractivity contribution in [2.24, 2.45) is 11.7 Å². The van der Waals surface area contributed by atoms with E-state index in [2.05, 4.69) is 6.92 Å². The fourth-order valence-corrected chi connectivity index (χ4v) is 3.17. The summed E-state index contributed by atoms with van der Waals surface area (Å²) in [5.74, 6) is 0.983. The van der Waals surface area contributed by atoms with Gasteiger partial charge in [0.1, 0.15) is 0 Å². The summed E-state index contributed by atoms with van der Waals surface area (Å²) in [7, 11) is 0. The molecule has 2 aliphatic rings. The van der Waals surface area contributed by atoms with Crippen LogP contribution in [0, 0.1) is 5.92 Å². The number of nitrogens with two attached hydrogens (primary N) is 1. The van der Waals surface area contributed by atoms with Crippen LogP contribution in [0.3, 0.4) is 0 Å². The van der Waals surface area contributed by atoms with Gasteiger partial charge in [-0.25, -0.2) is 0 Å². The first-order valence-electron chi connectivity index (χ1n) is 6.75. The van der Waals surface area contributed by atoms with Crippen molar-refractivity contribution < 1.29 is 0 Å². The number of hydrogen-bond donors (Lipinski definition) is 1. The van der Waals surface area contributed by atoms with E-state index in [0.717, 1.165) is 5.92 Å². The first-order valence-corrected chi connectivity index (χ1v) is 6.75. The first kappa shape index (κ1) is 11.2. The highest BCUT2D eigenvalue weighted by Gasteiger charge is 2.21. The maximum Gasteiger partial charge on any atom is 0.00449 e. The molecule has 2 aliphatic carbocycles. The lowest BCUT2D eigenvalue weighted by atomic mass is 9.78. The van der Waals surface area contributed by atoms with E-state index in [4.69, 9.17) is 5.73 Å². The lowest BCUT2D eigenvalue weighted by Gasteiger charge is -2.29. The average molecular weight is 207 g/mol. The van der Waals surface area contributed by atoms with E-state index in [1.54, 1.807) is 5.57 Å². The zero-order valence-corrected chi connectivity index (χ0v) is 10.1. The molecule has 0 saturated heterocycles. The third-order valence-electron chi connectivity index (χ3n) is 4.34. The Labute approximate surface area is 94.1 Å². The summed E-state index contributed by atoms with van der Waals surface area (Å²) in [6.45, 7) is 2.34. The van der Waals surface area contributed by atoms with Crippen molar-refractivity contribution in [3.05, 3.63) is 11.1 Å². The van der Waals surface area contributed by atoms with Crippen LogP contribution in [-0.2, 0) is 0 Å². The van der Waals surface area contributed by atoms with E-state index in [9.17, 15) is 0 Å². The number of allylic oxidation sites excluding steroid dienone is 2. The molecule has 0 heterocycles. The summed E-state index contributed by atoms with van der Waals surface area (Å²) < 4.78 is 0. The van der Waals surface area contributed by atoms with Crippen LogP contribution in [0.25, 0.3) is 0 Å². The standard InChI is InChI=1S/C14H25N/c1-2-11-4-3-5-13(10-11)12-6-8-14(15)9-7-12/h11,14H,2-10,15H2,1H3. The predicted molar refractivity (Wildman–Crippen MR) is 65.7 cm³/mol. The average Bonchev–Trinajstić information content (AvgIpc) is 2.30. The van der Waals surface area contributed by atoms with Gasteiger partial charge in [0.25, 0.3) is 0 Å². The predicted octanol–water partition coefficient (Wildman–Crippen LogP) is 3.78. The maximum atomic E-state index is 5.96. The largest absolute Gasteiger partial charge is 0.328 e. The first-order chi connectivity index (χ1) is 7.29. The number of rotatable bonds is 1. The van der Waals surface area contributed by atoms with Gasteiger partial charge in [0.05, 0.1) is 0 Å². The van der Waals surface area contributed by atoms with Crippen molar-refractivity contribution in [1.29, 1.82) is 0 Å². The molecule has 1 heteroatoms. The van der Waals surface area contributed by atoms with Crippen LogP contribution in [0.15, 0.2) is 11.1 Å². The molecule has 2 rings (SSSR count). The minimum atomic E-state index is 0.486. The van der Waals surface area contributed by atoms with Crippen LogP contribution in [-0.4, -0.2) is 6.04 Å². The summed E-state index contributed by atoms with van der Waals surface area (Å²) in [6, 6.07) is 0.486. The molecule has 0 amide bonds. The second-order valence-electron chi connectivity index (χ2n) is 5.42. The Morgan fingerprint density at radius 1 is 1.07 bits per heavy atom. The van der Waals surface area contributed by atoms with E-state index in [1.165, 1.54) is 57.8 Å². The Morgan fingerprint density at radius 3 is 2.47 bits per heavy atom. The number of hydrogen-bond acceptors (Lipinski definition) is 1. The Balaban J connectivity index is 1.98. The highest BCUT2D eigenvalue weighted by Crippen LogP contribution is 2.36. The SMILES string of the molecule is CCC1CCCC(=C2CCC(N)CC2)C1. The molecule has 0 aromatic heterocycles. The topological polar surface area (TPSA) is 26.0 Å². The normalized spacial score (nSPS) is 33.2. The molecule has 2 fully saturated rings. The smallest absolute Gasteiger partial charge is 0.00449 e. The van der Waals surface area contributed by atoms with Gasteiger partial charge in [0.2, 0.25) is 0 Å². The highest BCUT2D eigenvalue weighted by atomic mass is 14.6. The van der Waals surface area contributed by atoms with Crippen molar-refractivity contribution >= 4 is 0 Å². The van der Waals surface area contributed by atoms with Gasteiger partial charge < -0.3 is 5.73 Å². The van der Waals surface area contributed by atoms with Gasteiger partial charge >= 0.3 is 0 Å². The molecule has 0 aromatic carbocycles. The Bertz CT molecular complexity index is 232. The molecular formula is C14H25N.